The average Bonchev–Trinajstić information content (AvgIpc) is 3.35. The van der Waals surface area contributed by atoms with Crippen LogP contribution in [0.25, 0.3) is 55.0 Å². The first-order chi connectivity index (χ1) is 18.2. The van der Waals surface area contributed by atoms with Crippen molar-refractivity contribution in [3.8, 4) is 22.3 Å². The van der Waals surface area contributed by atoms with Crippen LogP contribution in [-0.2, 0) is 0 Å². The van der Waals surface area contributed by atoms with Gasteiger partial charge in [-0.1, -0.05) is 127 Å². The third-order valence-electron chi connectivity index (χ3n) is 6.61. The fourth-order valence-electron chi connectivity index (χ4n) is 4.53. The zero-order valence-corrected chi connectivity index (χ0v) is 21.3. The third-order valence-corrected chi connectivity index (χ3v) is 6.61. The Morgan fingerprint density at radius 2 is 1.38 bits per heavy atom. The third kappa shape index (κ3) is 5.17. The highest BCUT2D eigenvalue weighted by molar-refractivity contribution is 6.09. The van der Waals surface area contributed by atoms with Crippen LogP contribution in [-0.4, -0.2) is 0 Å². The Balaban J connectivity index is 0.000000307. The minimum Gasteiger partial charge on any atom is -0.455 e. The van der Waals surface area contributed by atoms with Gasteiger partial charge in [0, 0.05) is 16.3 Å². The topological polar surface area (TPSA) is 13.1 Å². The van der Waals surface area contributed by atoms with Crippen molar-refractivity contribution in [2.45, 2.75) is 13.8 Å². The standard InChI is InChI=1S/C28H18O.C8H12/c1-2-8-20-17-22(16-15-19(20)7-1)21-9-5-10-23(18-21)24-12-6-13-26-25-11-3-4-14-27(25)29-28(24)26;1-4-6-7-8(3)5-2/h1-18H;4-7H,1H2,2-3H3/b;7-6-,8-5+. The van der Waals surface area contributed by atoms with Crippen LogP contribution in [0, 0.1) is 0 Å². The van der Waals surface area contributed by atoms with E-state index in [1.807, 2.05) is 31.2 Å². The SMILES string of the molecule is C=C/C=C\C(C)=C\C.c1cc(-c2ccc3ccccc3c2)cc(-c2cccc3c2oc2ccccc23)c1. The maximum absolute atomic E-state index is 6.24. The fraction of sp³-hybridized carbons (Fsp3) is 0.0556. The molecule has 5 aromatic carbocycles. The quantitative estimate of drug-likeness (QED) is 0.230. The Bertz CT molecular complexity index is 1760. The van der Waals surface area contributed by atoms with Crippen molar-refractivity contribution >= 4 is 32.7 Å². The maximum atomic E-state index is 6.24. The van der Waals surface area contributed by atoms with Gasteiger partial charge in [-0.15, -0.1) is 0 Å². The summed E-state index contributed by atoms with van der Waals surface area (Å²) in [6.07, 6.45) is 7.77. The van der Waals surface area contributed by atoms with Crippen molar-refractivity contribution in [3.63, 3.8) is 0 Å². The van der Waals surface area contributed by atoms with Crippen molar-refractivity contribution < 1.29 is 4.42 Å². The van der Waals surface area contributed by atoms with E-state index < -0.39 is 0 Å². The highest BCUT2D eigenvalue weighted by Crippen LogP contribution is 2.37. The normalized spacial score (nSPS) is 11.7. The lowest BCUT2D eigenvalue weighted by molar-refractivity contribution is 0.670. The molecule has 1 heteroatoms. The molecular weight excluding hydrogens is 448 g/mol. The molecule has 0 spiro atoms. The second-order valence-electron chi connectivity index (χ2n) is 9.05. The Hall–Kier alpha value is -4.62. The summed E-state index contributed by atoms with van der Waals surface area (Å²) in [7, 11) is 0. The molecule has 0 amide bonds. The minimum atomic E-state index is 0.931. The lowest BCUT2D eigenvalue weighted by Gasteiger charge is -2.08. The van der Waals surface area contributed by atoms with Crippen LogP contribution in [0.2, 0.25) is 0 Å². The molecule has 0 bridgehead atoms. The van der Waals surface area contributed by atoms with Gasteiger partial charge in [0.05, 0.1) is 0 Å². The zero-order valence-electron chi connectivity index (χ0n) is 21.3. The van der Waals surface area contributed by atoms with Crippen LogP contribution in [0.4, 0.5) is 0 Å². The summed E-state index contributed by atoms with van der Waals surface area (Å²) in [5.74, 6) is 0. The molecule has 0 unspecified atom stereocenters. The first kappa shape index (κ1) is 24.1. The number of para-hydroxylation sites is 2. The Morgan fingerprint density at radius 1 is 0.676 bits per heavy atom. The predicted molar refractivity (Wildman–Crippen MR) is 161 cm³/mol. The van der Waals surface area contributed by atoms with E-state index in [0.29, 0.717) is 0 Å². The molecule has 0 aliphatic carbocycles. The fourth-order valence-corrected chi connectivity index (χ4v) is 4.53. The molecule has 0 aliphatic rings. The summed E-state index contributed by atoms with van der Waals surface area (Å²) < 4.78 is 6.24. The van der Waals surface area contributed by atoms with Crippen LogP contribution >= 0.6 is 0 Å². The van der Waals surface area contributed by atoms with E-state index in [-0.39, 0.29) is 0 Å². The number of rotatable bonds is 4. The van der Waals surface area contributed by atoms with E-state index in [1.54, 1.807) is 6.08 Å². The van der Waals surface area contributed by atoms with Gasteiger partial charge in [-0.05, 0) is 59.5 Å². The molecule has 0 aliphatic heterocycles. The van der Waals surface area contributed by atoms with Gasteiger partial charge in [0.15, 0.2) is 0 Å². The van der Waals surface area contributed by atoms with E-state index in [1.165, 1.54) is 33.0 Å². The Morgan fingerprint density at radius 3 is 2.22 bits per heavy atom. The minimum absolute atomic E-state index is 0.931. The van der Waals surface area contributed by atoms with Crippen LogP contribution < -0.4 is 0 Å². The van der Waals surface area contributed by atoms with Gasteiger partial charge >= 0.3 is 0 Å². The summed E-state index contributed by atoms with van der Waals surface area (Å²) in [5.41, 5.74) is 7.88. The summed E-state index contributed by atoms with van der Waals surface area (Å²) >= 11 is 0. The van der Waals surface area contributed by atoms with E-state index in [2.05, 4.69) is 117 Å². The molecule has 37 heavy (non-hydrogen) atoms. The lowest BCUT2D eigenvalue weighted by Crippen LogP contribution is -1.83. The van der Waals surface area contributed by atoms with E-state index in [0.717, 1.165) is 27.5 Å². The van der Waals surface area contributed by atoms with Crippen molar-refractivity contribution in [1.82, 2.24) is 0 Å². The Kier molecular flexibility index (Phi) is 7.14. The number of benzene rings is 5. The van der Waals surface area contributed by atoms with Gasteiger partial charge < -0.3 is 4.42 Å². The number of hydrogen-bond acceptors (Lipinski definition) is 1. The smallest absolute Gasteiger partial charge is 0.143 e. The van der Waals surface area contributed by atoms with E-state index >= 15 is 0 Å². The molecule has 6 aromatic rings. The molecule has 0 fully saturated rings. The van der Waals surface area contributed by atoms with Gasteiger partial charge in [-0.2, -0.15) is 0 Å². The monoisotopic (exact) mass is 478 g/mol. The molecule has 180 valence electrons. The molecule has 0 saturated carbocycles. The molecule has 1 heterocycles. The number of hydrogen-bond donors (Lipinski definition) is 0. The number of fused-ring (bicyclic) bond motifs is 4. The number of allylic oxidation sites excluding steroid dienone is 5. The van der Waals surface area contributed by atoms with Gasteiger partial charge in [0.25, 0.3) is 0 Å². The van der Waals surface area contributed by atoms with Gasteiger partial charge in [-0.3, -0.25) is 0 Å². The van der Waals surface area contributed by atoms with Crippen LogP contribution in [0.15, 0.2) is 150 Å². The van der Waals surface area contributed by atoms with Crippen LogP contribution in [0.1, 0.15) is 13.8 Å². The molecule has 1 nitrogen and oxygen atoms in total. The van der Waals surface area contributed by atoms with Gasteiger partial charge in [-0.25, -0.2) is 0 Å². The van der Waals surface area contributed by atoms with Crippen molar-refractivity contribution in [2.24, 2.45) is 0 Å². The first-order valence-electron chi connectivity index (χ1n) is 12.6. The lowest BCUT2D eigenvalue weighted by atomic mass is 9.96. The molecule has 6 rings (SSSR count). The largest absolute Gasteiger partial charge is 0.455 e. The Labute approximate surface area is 218 Å². The summed E-state index contributed by atoms with van der Waals surface area (Å²) in [5, 5.41) is 4.85. The highest BCUT2D eigenvalue weighted by Gasteiger charge is 2.12. The summed E-state index contributed by atoms with van der Waals surface area (Å²) in [6.45, 7) is 7.63. The van der Waals surface area contributed by atoms with Crippen LogP contribution in [0.5, 0.6) is 0 Å². The average molecular weight is 479 g/mol. The predicted octanol–water partition coefficient (Wildman–Crippen LogP) is 10.8. The molecule has 0 atom stereocenters. The second kappa shape index (κ2) is 11.0. The second-order valence-corrected chi connectivity index (χ2v) is 9.05. The van der Waals surface area contributed by atoms with E-state index in [4.69, 9.17) is 4.42 Å². The summed E-state index contributed by atoms with van der Waals surface area (Å²) in [6, 6.07) is 38.5. The zero-order chi connectivity index (χ0) is 25.6. The van der Waals surface area contributed by atoms with Crippen molar-refractivity contribution in [3.05, 3.63) is 146 Å². The highest BCUT2D eigenvalue weighted by atomic mass is 16.3. The first-order valence-corrected chi connectivity index (χ1v) is 12.6. The molecule has 1 aromatic heterocycles. The summed E-state index contributed by atoms with van der Waals surface area (Å²) in [4.78, 5) is 0. The van der Waals surface area contributed by atoms with Crippen molar-refractivity contribution in [1.29, 1.82) is 0 Å². The molecule has 0 N–H and O–H groups in total. The van der Waals surface area contributed by atoms with Gasteiger partial charge in [0.2, 0.25) is 0 Å². The molecule has 0 radical (unpaired) electrons. The molecular formula is C36H30O. The van der Waals surface area contributed by atoms with E-state index in [9.17, 15) is 0 Å². The van der Waals surface area contributed by atoms with Crippen LogP contribution in [0.3, 0.4) is 0 Å². The van der Waals surface area contributed by atoms with Gasteiger partial charge in [0.1, 0.15) is 11.2 Å². The number of furan rings is 1. The molecule has 0 saturated heterocycles. The maximum Gasteiger partial charge on any atom is 0.143 e. The van der Waals surface area contributed by atoms with Crippen molar-refractivity contribution in [2.75, 3.05) is 0 Å².